The fourth-order valence-electron chi connectivity index (χ4n) is 6.97. The van der Waals surface area contributed by atoms with Crippen LogP contribution < -0.4 is 9.05 Å². The molecule has 8 aromatic carbocycles. The predicted molar refractivity (Wildman–Crippen MR) is 200 cm³/mol. The van der Waals surface area contributed by atoms with E-state index in [0.29, 0.717) is 22.6 Å². The molecular weight excluding hydrogens is 731 g/mol. The van der Waals surface area contributed by atoms with Crippen molar-refractivity contribution in [2.75, 3.05) is 0 Å². The molecule has 0 aliphatic carbocycles. The third-order valence-corrected chi connectivity index (χ3v) is 10.1. The quantitative estimate of drug-likeness (QED) is 0.143. The van der Waals surface area contributed by atoms with Crippen molar-refractivity contribution in [2.45, 2.75) is 0 Å². The number of hydrogen-bond acceptors (Lipinski definition) is 3. The van der Waals surface area contributed by atoms with Crippen molar-refractivity contribution in [1.82, 2.24) is 0 Å². The molecule has 1 aliphatic rings. The van der Waals surface area contributed by atoms with E-state index in [1.807, 2.05) is 109 Å². The van der Waals surface area contributed by atoms with Crippen molar-refractivity contribution in [1.29, 1.82) is 0 Å². The zero-order chi connectivity index (χ0) is 33.0. The predicted octanol–water partition coefficient (Wildman–Crippen LogP) is 12.2. The van der Waals surface area contributed by atoms with Crippen molar-refractivity contribution in [3.05, 3.63) is 170 Å². The molecule has 0 spiro atoms. The first-order chi connectivity index (χ1) is 24.0. The molecule has 1 heterocycles. The van der Waals surface area contributed by atoms with E-state index in [9.17, 15) is 9.46 Å². The van der Waals surface area contributed by atoms with Crippen molar-refractivity contribution >= 4 is 29.4 Å². The summed E-state index contributed by atoms with van der Waals surface area (Å²) < 4.78 is 26.3. The number of benzene rings is 8. The second-order valence-electron chi connectivity index (χ2n) is 12.2. The molecular formula is C44H29AgO4P. The Morgan fingerprint density at radius 1 is 0.400 bits per heavy atom. The Kier molecular flexibility index (Phi) is 8.28. The first kappa shape index (κ1) is 32.0. The minimum atomic E-state index is -4.66. The van der Waals surface area contributed by atoms with Gasteiger partial charge in [0.05, 0.1) is 0 Å². The summed E-state index contributed by atoms with van der Waals surface area (Å²) in [4.78, 5) is 11.4. The van der Waals surface area contributed by atoms with Crippen LogP contribution in [0.25, 0.3) is 77.2 Å². The van der Waals surface area contributed by atoms with E-state index in [0.717, 1.165) is 66.1 Å². The van der Waals surface area contributed by atoms with Crippen LogP contribution in [0.2, 0.25) is 0 Å². The van der Waals surface area contributed by atoms with E-state index < -0.39 is 7.82 Å². The molecule has 1 aliphatic heterocycles. The summed E-state index contributed by atoms with van der Waals surface area (Å²) >= 11 is 0. The van der Waals surface area contributed by atoms with E-state index in [1.54, 1.807) is 0 Å². The molecule has 1 radical (unpaired) electrons. The largest absolute Gasteiger partial charge is 0.584 e. The molecule has 6 heteroatoms. The minimum absolute atomic E-state index is 0. The molecule has 4 nitrogen and oxygen atoms in total. The zero-order valence-corrected chi connectivity index (χ0v) is 29.0. The Hall–Kier alpha value is -5.19. The van der Waals surface area contributed by atoms with Crippen LogP contribution in [0.1, 0.15) is 0 Å². The van der Waals surface area contributed by atoms with Gasteiger partial charge >= 0.3 is 7.82 Å². The van der Waals surface area contributed by atoms with Crippen LogP contribution in [0, 0.1) is 0 Å². The Labute approximate surface area is 305 Å². The standard InChI is InChI=1S/C44H29O4P.Ag/c45-49(46)47-43-39(33-23-19-31(20-24-33)29-11-3-1-4-12-29)27-35-15-7-9-17-37(35)41(43)42-38-18-10-8-16-36(38)28-40(44(42)48-49)34-25-21-32(22-26-34)30-13-5-2-6-14-30;/h1-28H,(H,45,46);. The van der Waals surface area contributed by atoms with Gasteiger partial charge in [-0.25, -0.2) is 4.57 Å². The number of hydrogen-bond donors (Lipinski definition) is 1. The van der Waals surface area contributed by atoms with Crippen molar-refractivity contribution in [2.24, 2.45) is 0 Å². The molecule has 245 valence electrons. The van der Waals surface area contributed by atoms with Crippen LogP contribution in [0.5, 0.6) is 11.5 Å². The summed E-state index contributed by atoms with van der Waals surface area (Å²) in [5.74, 6) is 0.634. The van der Waals surface area contributed by atoms with E-state index >= 15 is 0 Å². The third kappa shape index (κ3) is 5.68. The maximum absolute atomic E-state index is 14.0. The molecule has 0 atom stereocenters. The smallest absolute Gasteiger partial charge is 0.394 e. The summed E-state index contributed by atoms with van der Waals surface area (Å²) in [6.45, 7) is 0. The Balaban J connectivity index is 0.00000361. The first-order valence-corrected chi connectivity index (χ1v) is 17.7. The number of fused-ring (bicyclic) bond motifs is 7. The van der Waals surface area contributed by atoms with Crippen LogP contribution in [-0.4, -0.2) is 4.89 Å². The summed E-state index contributed by atoms with van der Waals surface area (Å²) in [5, 5.41) is 3.76. The van der Waals surface area contributed by atoms with E-state index in [-0.39, 0.29) is 22.4 Å². The van der Waals surface area contributed by atoms with Gasteiger partial charge in [0.1, 0.15) is 11.5 Å². The summed E-state index contributed by atoms with van der Waals surface area (Å²) in [7, 11) is -4.66. The summed E-state index contributed by atoms with van der Waals surface area (Å²) in [6, 6.07) is 57.1. The van der Waals surface area contributed by atoms with Gasteiger partial charge < -0.3 is 9.05 Å². The summed E-state index contributed by atoms with van der Waals surface area (Å²) in [5.41, 5.74) is 8.97. The summed E-state index contributed by atoms with van der Waals surface area (Å²) in [6.07, 6.45) is 0. The van der Waals surface area contributed by atoms with Crippen molar-refractivity contribution < 1.29 is 40.9 Å². The van der Waals surface area contributed by atoms with Crippen LogP contribution in [0.3, 0.4) is 0 Å². The Morgan fingerprint density at radius 3 is 1.12 bits per heavy atom. The second-order valence-corrected chi connectivity index (χ2v) is 13.5. The van der Waals surface area contributed by atoms with Gasteiger partial charge in [0, 0.05) is 44.6 Å². The maximum atomic E-state index is 14.0. The van der Waals surface area contributed by atoms with Gasteiger partial charge in [0.15, 0.2) is 0 Å². The van der Waals surface area contributed by atoms with E-state index in [2.05, 4.69) is 60.7 Å². The number of rotatable bonds is 4. The van der Waals surface area contributed by atoms with Crippen LogP contribution in [-0.2, 0) is 26.9 Å². The molecule has 1 N–H and O–H groups in total. The molecule has 0 amide bonds. The molecule has 0 fully saturated rings. The normalized spacial score (nSPS) is 12.9. The monoisotopic (exact) mass is 759 g/mol. The van der Waals surface area contributed by atoms with Gasteiger partial charge in [-0.05, 0) is 67.1 Å². The molecule has 50 heavy (non-hydrogen) atoms. The number of phosphoric ester groups is 1. The third-order valence-electron chi connectivity index (χ3n) is 9.27. The van der Waals surface area contributed by atoms with Crippen LogP contribution in [0.4, 0.5) is 0 Å². The molecule has 9 rings (SSSR count). The van der Waals surface area contributed by atoms with Gasteiger partial charge in [-0.15, -0.1) is 0 Å². The Bertz CT molecular complexity index is 2390. The number of phosphoric acid groups is 1. The van der Waals surface area contributed by atoms with Gasteiger partial charge in [-0.3, -0.25) is 4.89 Å². The molecule has 0 saturated heterocycles. The van der Waals surface area contributed by atoms with E-state index in [4.69, 9.17) is 9.05 Å². The van der Waals surface area contributed by atoms with Gasteiger partial charge in [0.2, 0.25) is 0 Å². The fraction of sp³-hybridized carbons (Fsp3) is 0. The maximum Gasteiger partial charge on any atom is 0.584 e. The average Bonchev–Trinajstić information content (AvgIpc) is 3.28. The molecule has 0 unspecified atom stereocenters. The SMILES string of the molecule is O=P1(O)Oc2c(-c3ccc(-c4ccccc4)cc3)cc3ccccc3c2-c2c(c(-c3ccc(-c4ccccc4)cc3)cc3ccccc23)O1.[Ag]. The zero-order valence-electron chi connectivity index (χ0n) is 26.6. The topological polar surface area (TPSA) is 55.8 Å². The van der Waals surface area contributed by atoms with Gasteiger partial charge in [-0.1, -0.05) is 158 Å². The van der Waals surface area contributed by atoms with Gasteiger partial charge in [-0.2, -0.15) is 0 Å². The second kappa shape index (κ2) is 12.9. The van der Waals surface area contributed by atoms with Crippen LogP contribution in [0.15, 0.2) is 170 Å². The van der Waals surface area contributed by atoms with Crippen molar-refractivity contribution in [3.8, 4) is 67.1 Å². The average molecular weight is 761 g/mol. The molecule has 0 bridgehead atoms. The molecule has 0 saturated carbocycles. The first-order valence-electron chi connectivity index (χ1n) is 16.2. The van der Waals surface area contributed by atoms with Crippen molar-refractivity contribution in [3.63, 3.8) is 0 Å². The van der Waals surface area contributed by atoms with Gasteiger partial charge in [0.25, 0.3) is 0 Å². The van der Waals surface area contributed by atoms with Crippen LogP contribution >= 0.6 is 7.82 Å². The molecule has 0 aromatic heterocycles. The fourth-order valence-corrected chi connectivity index (χ4v) is 7.85. The van der Waals surface area contributed by atoms with E-state index in [1.165, 1.54) is 0 Å². The Morgan fingerprint density at radius 2 is 0.720 bits per heavy atom. The minimum Gasteiger partial charge on any atom is -0.394 e. The molecule has 8 aromatic rings.